The van der Waals surface area contributed by atoms with Crippen LogP contribution in [0.5, 0.6) is 17.2 Å². The van der Waals surface area contributed by atoms with E-state index in [-0.39, 0.29) is 5.91 Å². The van der Waals surface area contributed by atoms with Crippen LogP contribution >= 0.6 is 11.3 Å². The molecule has 1 N–H and O–H groups in total. The number of hydrogen-bond acceptors (Lipinski definition) is 6. The Hall–Kier alpha value is -3.84. The number of nitrogens with zero attached hydrogens (tertiary/aromatic N) is 1. The van der Waals surface area contributed by atoms with E-state index in [1.807, 2.05) is 42.5 Å². The molecule has 0 atom stereocenters. The van der Waals surface area contributed by atoms with Crippen LogP contribution in [-0.2, 0) is 6.54 Å². The van der Waals surface area contributed by atoms with Crippen molar-refractivity contribution in [3.05, 3.63) is 83.2 Å². The van der Waals surface area contributed by atoms with Crippen LogP contribution in [0.1, 0.15) is 15.9 Å². The molecule has 0 bridgehead atoms. The highest BCUT2D eigenvalue weighted by Crippen LogP contribution is 2.38. The Labute approximate surface area is 196 Å². The van der Waals surface area contributed by atoms with Gasteiger partial charge in [-0.15, -0.1) is 11.3 Å². The van der Waals surface area contributed by atoms with Crippen LogP contribution in [0, 0.1) is 0 Å². The van der Waals surface area contributed by atoms with Crippen LogP contribution in [-0.4, -0.2) is 32.2 Å². The third-order valence-corrected chi connectivity index (χ3v) is 6.05. The average molecular weight is 461 g/mol. The number of carbonyl (C=O) groups is 1. The van der Waals surface area contributed by atoms with Gasteiger partial charge in [0.2, 0.25) is 5.75 Å². The van der Waals surface area contributed by atoms with Gasteiger partial charge in [-0.3, -0.25) is 4.79 Å². The van der Waals surface area contributed by atoms with Gasteiger partial charge in [-0.1, -0.05) is 54.6 Å². The SMILES string of the molecule is COc1cc(C(=O)NCc2ccc(-c3nc(-c4ccccc4)cs3)cc2)cc(OC)c1OC. The summed E-state index contributed by atoms with van der Waals surface area (Å²) in [7, 11) is 4.57. The number of carbonyl (C=O) groups excluding carboxylic acids is 1. The van der Waals surface area contributed by atoms with Gasteiger partial charge in [-0.25, -0.2) is 4.98 Å². The van der Waals surface area contributed by atoms with Crippen molar-refractivity contribution in [1.82, 2.24) is 10.3 Å². The maximum atomic E-state index is 12.7. The van der Waals surface area contributed by atoms with Crippen LogP contribution in [0.2, 0.25) is 0 Å². The number of aromatic nitrogens is 1. The van der Waals surface area contributed by atoms with Crippen LogP contribution in [0.25, 0.3) is 21.8 Å². The van der Waals surface area contributed by atoms with E-state index in [2.05, 4.69) is 22.8 Å². The minimum Gasteiger partial charge on any atom is -0.493 e. The second kappa shape index (κ2) is 10.2. The maximum absolute atomic E-state index is 12.7. The van der Waals surface area contributed by atoms with Crippen molar-refractivity contribution in [2.75, 3.05) is 21.3 Å². The highest BCUT2D eigenvalue weighted by Gasteiger charge is 2.17. The monoisotopic (exact) mass is 460 g/mol. The molecule has 33 heavy (non-hydrogen) atoms. The first-order valence-corrected chi connectivity index (χ1v) is 11.2. The standard InChI is InChI=1S/C26H24N2O4S/c1-30-22-13-20(14-23(31-2)24(22)32-3)25(29)27-15-17-9-11-19(12-10-17)26-28-21(16-33-26)18-7-5-4-6-8-18/h4-14,16H,15H2,1-3H3,(H,27,29). The number of hydrogen-bond donors (Lipinski definition) is 1. The molecule has 168 valence electrons. The van der Waals surface area contributed by atoms with Gasteiger partial charge in [0.05, 0.1) is 27.0 Å². The molecule has 0 fully saturated rings. The van der Waals surface area contributed by atoms with E-state index >= 15 is 0 Å². The normalized spacial score (nSPS) is 10.5. The van der Waals surface area contributed by atoms with Gasteiger partial charge in [-0.2, -0.15) is 0 Å². The van der Waals surface area contributed by atoms with E-state index < -0.39 is 0 Å². The number of thiazole rings is 1. The van der Waals surface area contributed by atoms with E-state index in [9.17, 15) is 4.79 Å². The predicted octanol–water partition coefficient (Wildman–Crippen LogP) is 5.43. The van der Waals surface area contributed by atoms with Crippen LogP contribution < -0.4 is 19.5 Å². The third kappa shape index (κ3) is 4.99. The predicted molar refractivity (Wildman–Crippen MR) is 130 cm³/mol. The minimum absolute atomic E-state index is 0.231. The number of ether oxygens (including phenoxy) is 3. The molecule has 6 nitrogen and oxygen atoms in total. The minimum atomic E-state index is -0.231. The number of amides is 1. The first kappa shape index (κ1) is 22.4. The van der Waals surface area contributed by atoms with Gasteiger partial charge >= 0.3 is 0 Å². The molecule has 1 aromatic heterocycles. The Balaban J connectivity index is 1.43. The summed E-state index contributed by atoms with van der Waals surface area (Å²) in [5.41, 5.74) is 4.53. The lowest BCUT2D eigenvalue weighted by Crippen LogP contribution is -2.22. The zero-order chi connectivity index (χ0) is 23.2. The third-order valence-electron chi connectivity index (χ3n) is 5.15. The summed E-state index contributed by atoms with van der Waals surface area (Å²) in [4.78, 5) is 17.5. The first-order valence-electron chi connectivity index (χ1n) is 10.3. The Kier molecular flexibility index (Phi) is 6.90. The van der Waals surface area contributed by atoms with Crippen LogP contribution in [0.15, 0.2) is 72.1 Å². The van der Waals surface area contributed by atoms with Gasteiger partial charge in [-0.05, 0) is 17.7 Å². The van der Waals surface area contributed by atoms with Gasteiger partial charge in [0.15, 0.2) is 11.5 Å². The Morgan fingerprint density at radius 3 is 2.15 bits per heavy atom. The molecule has 0 saturated heterocycles. The fourth-order valence-corrected chi connectivity index (χ4v) is 4.24. The fourth-order valence-electron chi connectivity index (χ4n) is 3.41. The van der Waals surface area contributed by atoms with Crippen molar-refractivity contribution < 1.29 is 19.0 Å². The molecule has 1 heterocycles. The topological polar surface area (TPSA) is 69.7 Å². The molecule has 0 aliphatic heterocycles. The van der Waals surface area contributed by atoms with E-state index in [1.54, 1.807) is 23.5 Å². The van der Waals surface area contributed by atoms with Crippen molar-refractivity contribution >= 4 is 17.2 Å². The van der Waals surface area contributed by atoms with Crippen molar-refractivity contribution in [2.24, 2.45) is 0 Å². The Morgan fingerprint density at radius 2 is 1.55 bits per heavy atom. The molecule has 0 spiro atoms. The first-order chi connectivity index (χ1) is 16.1. The number of rotatable bonds is 8. The smallest absolute Gasteiger partial charge is 0.251 e. The molecule has 7 heteroatoms. The van der Waals surface area contributed by atoms with Gasteiger partial charge in [0.25, 0.3) is 5.91 Å². The largest absolute Gasteiger partial charge is 0.493 e. The lowest BCUT2D eigenvalue weighted by molar-refractivity contribution is 0.0950. The Morgan fingerprint density at radius 1 is 0.879 bits per heavy atom. The summed E-state index contributed by atoms with van der Waals surface area (Å²) >= 11 is 1.61. The number of nitrogens with one attached hydrogen (secondary N) is 1. The molecule has 3 aromatic carbocycles. The van der Waals surface area contributed by atoms with Gasteiger partial charge < -0.3 is 19.5 Å². The van der Waals surface area contributed by atoms with Crippen LogP contribution in [0.3, 0.4) is 0 Å². The quantitative estimate of drug-likeness (QED) is 0.380. The summed E-state index contributed by atoms with van der Waals surface area (Å²) in [5, 5.41) is 5.96. The zero-order valence-corrected chi connectivity index (χ0v) is 19.4. The molecule has 0 radical (unpaired) electrons. The fraction of sp³-hybridized carbons (Fsp3) is 0.154. The van der Waals surface area contributed by atoms with E-state index in [0.717, 1.165) is 27.4 Å². The van der Waals surface area contributed by atoms with Gasteiger partial charge in [0.1, 0.15) is 5.01 Å². The number of benzene rings is 3. The second-order valence-electron chi connectivity index (χ2n) is 7.20. The molecule has 1 amide bonds. The highest BCUT2D eigenvalue weighted by atomic mass is 32.1. The van der Waals surface area contributed by atoms with E-state index in [0.29, 0.717) is 29.4 Å². The maximum Gasteiger partial charge on any atom is 0.251 e. The lowest BCUT2D eigenvalue weighted by Gasteiger charge is -2.14. The number of methoxy groups -OCH3 is 3. The summed E-state index contributed by atoms with van der Waals surface area (Å²) in [5.74, 6) is 1.09. The zero-order valence-electron chi connectivity index (χ0n) is 18.6. The molecule has 0 saturated carbocycles. The second-order valence-corrected chi connectivity index (χ2v) is 8.06. The Bertz CT molecular complexity index is 1210. The molecule has 4 aromatic rings. The van der Waals surface area contributed by atoms with E-state index in [4.69, 9.17) is 19.2 Å². The molecular formula is C26H24N2O4S. The lowest BCUT2D eigenvalue weighted by atomic mass is 10.1. The summed E-state index contributed by atoms with van der Waals surface area (Å²) < 4.78 is 16.0. The van der Waals surface area contributed by atoms with Crippen molar-refractivity contribution in [3.63, 3.8) is 0 Å². The summed E-state index contributed by atoms with van der Waals surface area (Å²) in [6, 6.07) is 21.4. The summed E-state index contributed by atoms with van der Waals surface area (Å²) in [6.07, 6.45) is 0. The van der Waals surface area contributed by atoms with Crippen LogP contribution in [0.4, 0.5) is 0 Å². The molecule has 0 unspecified atom stereocenters. The molecular weight excluding hydrogens is 436 g/mol. The van der Waals surface area contributed by atoms with Crippen molar-refractivity contribution in [3.8, 4) is 39.1 Å². The molecule has 4 rings (SSSR count). The summed E-state index contributed by atoms with van der Waals surface area (Å²) in [6.45, 7) is 0.392. The van der Waals surface area contributed by atoms with Crippen molar-refractivity contribution in [2.45, 2.75) is 6.54 Å². The van der Waals surface area contributed by atoms with Gasteiger partial charge in [0, 0.05) is 28.6 Å². The van der Waals surface area contributed by atoms with Crippen molar-refractivity contribution in [1.29, 1.82) is 0 Å². The highest BCUT2D eigenvalue weighted by molar-refractivity contribution is 7.13. The van der Waals surface area contributed by atoms with E-state index in [1.165, 1.54) is 21.3 Å². The molecule has 0 aliphatic carbocycles. The average Bonchev–Trinajstić information content (AvgIpc) is 3.37. The molecule has 0 aliphatic rings.